The number of fused-ring (bicyclic) bond motifs is 3. The summed E-state index contributed by atoms with van der Waals surface area (Å²) in [5.74, 6) is -1.09. The van der Waals surface area contributed by atoms with Gasteiger partial charge in [-0.3, -0.25) is 4.99 Å². The molecule has 0 amide bonds. The van der Waals surface area contributed by atoms with Gasteiger partial charge in [-0.05, 0) is 55.5 Å². The van der Waals surface area contributed by atoms with Gasteiger partial charge in [0.05, 0.1) is 34.1 Å². The summed E-state index contributed by atoms with van der Waals surface area (Å²) < 4.78 is 29.4. The molecular weight excluding hydrogens is 468 g/mol. The van der Waals surface area contributed by atoms with E-state index < -0.39 is 17.2 Å². The third kappa shape index (κ3) is 4.46. The highest BCUT2D eigenvalue weighted by atomic mass is 35.5. The molecule has 5 nitrogen and oxygen atoms in total. The maximum Gasteiger partial charge on any atom is 0.227 e. The lowest BCUT2D eigenvalue weighted by Gasteiger charge is -2.19. The molecule has 0 bridgehead atoms. The summed E-state index contributed by atoms with van der Waals surface area (Å²) in [5.41, 5.74) is 15.3. The summed E-state index contributed by atoms with van der Waals surface area (Å²) >= 11 is 6.19. The smallest absolute Gasteiger partial charge is 0.227 e. The van der Waals surface area contributed by atoms with Crippen molar-refractivity contribution < 1.29 is 8.78 Å². The number of rotatable bonds is 4. The Bertz CT molecular complexity index is 1500. The van der Waals surface area contributed by atoms with Crippen molar-refractivity contribution in [3.05, 3.63) is 111 Å². The lowest BCUT2D eigenvalue weighted by molar-refractivity contribution is 0.554. The number of anilines is 2. The van der Waals surface area contributed by atoms with Crippen LogP contribution in [0.25, 0.3) is 5.57 Å². The van der Waals surface area contributed by atoms with Crippen molar-refractivity contribution in [2.24, 2.45) is 10.7 Å². The maximum absolute atomic E-state index is 14.7. The normalized spacial score (nSPS) is 14.7. The molecule has 35 heavy (non-hydrogen) atoms. The second-order valence-electron chi connectivity index (χ2n) is 8.78. The first kappa shape index (κ1) is 22.9. The Morgan fingerprint density at radius 1 is 1.06 bits per heavy atom. The van der Waals surface area contributed by atoms with Crippen molar-refractivity contribution in [2.75, 3.05) is 5.32 Å². The Morgan fingerprint density at radius 3 is 2.46 bits per heavy atom. The Labute approximate surface area is 206 Å². The molecule has 8 heteroatoms. The van der Waals surface area contributed by atoms with Crippen LogP contribution in [0.4, 0.5) is 20.4 Å². The Balaban J connectivity index is 1.55. The monoisotopic (exact) mass is 487 g/mol. The van der Waals surface area contributed by atoms with Crippen LogP contribution in [0.1, 0.15) is 36.2 Å². The molecule has 0 fully saturated rings. The zero-order valence-corrected chi connectivity index (χ0v) is 19.7. The van der Waals surface area contributed by atoms with Crippen LogP contribution < -0.4 is 11.1 Å². The van der Waals surface area contributed by atoms with Gasteiger partial charge in [-0.25, -0.2) is 18.7 Å². The fourth-order valence-electron chi connectivity index (χ4n) is 3.90. The first-order valence-electron chi connectivity index (χ1n) is 10.9. The van der Waals surface area contributed by atoms with Gasteiger partial charge < -0.3 is 11.1 Å². The van der Waals surface area contributed by atoms with Gasteiger partial charge in [-0.2, -0.15) is 0 Å². The molecule has 1 aliphatic heterocycles. The summed E-state index contributed by atoms with van der Waals surface area (Å²) in [6.07, 6.45) is 3.20. The predicted molar refractivity (Wildman–Crippen MR) is 133 cm³/mol. The molecule has 0 unspecified atom stereocenters. The van der Waals surface area contributed by atoms with E-state index in [0.29, 0.717) is 28.4 Å². The van der Waals surface area contributed by atoms with E-state index in [1.54, 1.807) is 12.3 Å². The highest BCUT2D eigenvalue weighted by Crippen LogP contribution is 2.35. The van der Waals surface area contributed by atoms with Gasteiger partial charge in [0.25, 0.3) is 0 Å². The SMILES string of the molecule is CC(C)(N)c1ccc(Nc2ncc3c(n2)C2=C=C=C(Cl)C=C2C(c2c(F)cccc2F)=NC3)cc1. The highest BCUT2D eigenvalue weighted by Gasteiger charge is 2.28. The molecule has 2 heterocycles. The number of nitrogens with two attached hydrogens (primary N) is 1. The summed E-state index contributed by atoms with van der Waals surface area (Å²) in [6, 6.07) is 11.4. The van der Waals surface area contributed by atoms with Gasteiger partial charge in [0.2, 0.25) is 5.95 Å². The van der Waals surface area contributed by atoms with Crippen LogP contribution >= 0.6 is 11.6 Å². The van der Waals surface area contributed by atoms with Crippen LogP contribution in [0.5, 0.6) is 0 Å². The number of halogens is 3. The quantitative estimate of drug-likeness (QED) is 0.449. The third-order valence-electron chi connectivity index (χ3n) is 5.70. The number of aliphatic imine (C=N–C) groups is 1. The second-order valence-corrected chi connectivity index (χ2v) is 9.19. The van der Waals surface area contributed by atoms with Crippen molar-refractivity contribution in [2.45, 2.75) is 25.9 Å². The fourth-order valence-corrected chi connectivity index (χ4v) is 4.05. The van der Waals surface area contributed by atoms with E-state index >= 15 is 0 Å². The van der Waals surface area contributed by atoms with E-state index in [2.05, 4.69) is 31.7 Å². The largest absolute Gasteiger partial charge is 0.324 e. The van der Waals surface area contributed by atoms with Crippen molar-refractivity contribution in [3.8, 4) is 0 Å². The van der Waals surface area contributed by atoms with Crippen molar-refractivity contribution >= 4 is 34.5 Å². The van der Waals surface area contributed by atoms with Crippen LogP contribution in [-0.2, 0) is 12.1 Å². The van der Waals surface area contributed by atoms with Gasteiger partial charge >= 0.3 is 0 Å². The first-order valence-corrected chi connectivity index (χ1v) is 11.2. The average Bonchev–Trinajstić information content (AvgIpc) is 2.96. The van der Waals surface area contributed by atoms with E-state index in [0.717, 1.165) is 11.3 Å². The van der Waals surface area contributed by atoms with Gasteiger partial charge in [0.1, 0.15) is 11.6 Å². The van der Waals surface area contributed by atoms with Crippen LogP contribution in [0.2, 0.25) is 0 Å². The van der Waals surface area contributed by atoms with Crippen molar-refractivity contribution in [1.29, 1.82) is 0 Å². The van der Waals surface area contributed by atoms with Crippen molar-refractivity contribution in [3.63, 3.8) is 0 Å². The zero-order chi connectivity index (χ0) is 24.7. The molecule has 0 radical (unpaired) electrons. The molecule has 3 N–H and O–H groups in total. The van der Waals surface area contributed by atoms with Gasteiger partial charge in [-0.1, -0.05) is 35.5 Å². The summed E-state index contributed by atoms with van der Waals surface area (Å²) in [4.78, 5) is 13.6. The fraction of sp³-hybridized carbons (Fsp3) is 0.148. The molecule has 5 rings (SSSR count). The molecule has 0 atom stereocenters. The van der Waals surface area contributed by atoms with E-state index in [-0.39, 0.29) is 22.9 Å². The standard InChI is InChI=1S/C27H20ClF2N5/c1-27(2,31)16-6-9-18(10-7-16)34-26-33-14-15-13-32-25(23-21(29)4-3-5-22(23)30)20-12-17(28)8-11-19(20)24(15)35-26/h3-7,9-10,12,14H,13,31H2,1-2H3,(H,33,34,35). The minimum atomic E-state index is -0.720. The second kappa shape index (κ2) is 8.73. The molecule has 0 spiro atoms. The molecule has 2 aromatic carbocycles. The summed E-state index contributed by atoms with van der Waals surface area (Å²) in [7, 11) is 0. The topological polar surface area (TPSA) is 76.2 Å². The Kier molecular flexibility index (Phi) is 5.72. The Morgan fingerprint density at radius 2 is 1.77 bits per heavy atom. The van der Waals surface area contributed by atoms with Gasteiger partial charge in [0.15, 0.2) is 0 Å². The van der Waals surface area contributed by atoms with Crippen LogP contribution in [0.3, 0.4) is 0 Å². The maximum atomic E-state index is 14.7. The first-order chi connectivity index (χ1) is 16.7. The number of aromatic nitrogens is 2. The molecular formula is C27H20ClF2N5. The van der Waals surface area contributed by atoms with Crippen LogP contribution in [0.15, 0.2) is 81.8 Å². The molecule has 3 aromatic rings. The lowest BCUT2D eigenvalue weighted by atomic mass is 9.91. The Hall–Kier alpha value is -3.86. The molecule has 174 valence electrons. The van der Waals surface area contributed by atoms with Crippen molar-refractivity contribution in [1.82, 2.24) is 9.97 Å². The average molecular weight is 488 g/mol. The van der Waals surface area contributed by atoms with Gasteiger partial charge in [0, 0.05) is 28.6 Å². The minimum absolute atomic E-state index is 0.124. The third-order valence-corrected chi connectivity index (χ3v) is 5.90. The molecule has 2 aliphatic rings. The lowest BCUT2D eigenvalue weighted by Crippen LogP contribution is -2.28. The molecule has 1 aromatic heterocycles. The van der Waals surface area contributed by atoms with Gasteiger partial charge in [-0.15, -0.1) is 0 Å². The highest BCUT2D eigenvalue weighted by molar-refractivity contribution is 6.33. The number of nitrogens with zero attached hydrogens (tertiary/aromatic N) is 3. The zero-order valence-electron chi connectivity index (χ0n) is 19.0. The number of hydrogen-bond donors (Lipinski definition) is 2. The van der Waals surface area contributed by atoms with E-state index in [9.17, 15) is 8.78 Å². The van der Waals surface area contributed by atoms with Crippen LogP contribution in [0, 0.1) is 11.6 Å². The van der Waals surface area contributed by atoms with Crippen LogP contribution in [-0.4, -0.2) is 15.7 Å². The molecule has 0 saturated heterocycles. The number of benzene rings is 2. The van der Waals surface area contributed by atoms with E-state index in [4.69, 9.17) is 17.3 Å². The molecule has 0 saturated carbocycles. The summed E-state index contributed by atoms with van der Waals surface area (Å²) in [6.45, 7) is 4.00. The van der Waals surface area contributed by atoms with E-state index in [1.807, 2.05) is 38.1 Å². The van der Waals surface area contributed by atoms with E-state index in [1.165, 1.54) is 18.2 Å². The predicted octanol–water partition coefficient (Wildman–Crippen LogP) is 5.90. The summed E-state index contributed by atoms with van der Waals surface area (Å²) in [5, 5.41) is 3.43. The molecule has 1 aliphatic carbocycles. The number of hydrogen-bond acceptors (Lipinski definition) is 5. The number of nitrogens with one attached hydrogen (secondary N) is 1. The number of allylic oxidation sites excluding steroid dienone is 4. The minimum Gasteiger partial charge on any atom is -0.324 e.